The predicted octanol–water partition coefficient (Wildman–Crippen LogP) is 2.68. The summed E-state index contributed by atoms with van der Waals surface area (Å²) in [5, 5.41) is 1.39. The molecule has 3 heterocycles. The molecule has 2 aromatic heterocycles. The minimum Gasteiger partial charge on any atom is -0.364 e. The molecule has 1 saturated heterocycles. The fourth-order valence-electron chi connectivity index (χ4n) is 2.82. The second-order valence-corrected chi connectivity index (χ2v) is 6.85. The van der Waals surface area contributed by atoms with Crippen LogP contribution in [0.15, 0.2) is 23.7 Å². The van der Waals surface area contributed by atoms with Crippen LogP contribution in [0.3, 0.4) is 0 Å². The lowest BCUT2D eigenvalue weighted by Crippen LogP contribution is -2.39. The van der Waals surface area contributed by atoms with Gasteiger partial charge in [-0.3, -0.25) is 14.6 Å². The number of piperidine rings is 1. The van der Waals surface area contributed by atoms with E-state index in [1.165, 1.54) is 18.3 Å². The molecule has 2 aromatic rings. The lowest BCUT2D eigenvalue weighted by atomic mass is 9.98. The van der Waals surface area contributed by atoms with Crippen molar-refractivity contribution in [1.29, 1.82) is 0 Å². The molecule has 0 saturated carbocycles. The number of halogens is 3. The van der Waals surface area contributed by atoms with Gasteiger partial charge in [-0.2, -0.15) is 13.2 Å². The van der Waals surface area contributed by atoms with Gasteiger partial charge in [0, 0.05) is 30.6 Å². The average molecular weight is 384 g/mol. The first-order valence-corrected chi connectivity index (χ1v) is 8.71. The Morgan fingerprint density at radius 3 is 2.65 bits per heavy atom. The van der Waals surface area contributed by atoms with E-state index in [4.69, 9.17) is 5.73 Å². The van der Waals surface area contributed by atoms with Crippen molar-refractivity contribution in [3.63, 3.8) is 0 Å². The van der Waals surface area contributed by atoms with Crippen LogP contribution < -0.4 is 5.73 Å². The van der Waals surface area contributed by atoms with Crippen LogP contribution in [0.1, 0.15) is 50.3 Å². The Labute approximate surface area is 150 Å². The molecule has 0 radical (unpaired) electrons. The predicted molar refractivity (Wildman–Crippen MR) is 87.7 cm³/mol. The van der Waals surface area contributed by atoms with E-state index in [2.05, 4.69) is 9.97 Å². The quantitative estimate of drug-likeness (QED) is 0.881. The fraction of sp³-hybridized carbons (Fsp3) is 0.375. The summed E-state index contributed by atoms with van der Waals surface area (Å²) in [5.74, 6) is -1.20. The molecule has 2 amide bonds. The number of pyridine rings is 1. The number of likely N-dealkylation sites (tertiary alicyclic amines) is 1. The summed E-state index contributed by atoms with van der Waals surface area (Å²) < 4.78 is 38.2. The van der Waals surface area contributed by atoms with Crippen molar-refractivity contribution in [2.75, 3.05) is 13.1 Å². The van der Waals surface area contributed by atoms with Crippen LogP contribution in [0.25, 0.3) is 0 Å². The summed E-state index contributed by atoms with van der Waals surface area (Å²) in [6.07, 6.45) is -1.85. The number of primary amides is 1. The molecule has 0 aromatic carbocycles. The highest BCUT2D eigenvalue weighted by Gasteiger charge is 2.35. The second-order valence-electron chi connectivity index (χ2n) is 5.96. The average Bonchev–Trinajstić information content (AvgIpc) is 3.12. The van der Waals surface area contributed by atoms with E-state index < -0.39 is 17.8 Å². The number of alkyl halides is 3. The molecule has 1 aliphatic rings. The van der Waals surface area contributed by atoms with Crippen molar-refractivity contribution in [3.05, 3.63) is 45.7 Å². The lowest BCUT2D eigenvalue weighted by molar-refractivity contribution is -0.140. The highest BCUT2D eigenvalue weighted by molar-refractivity contribution is 7.09. The van der Waals surface area contributed by atoms with Crippen molar-refractivity contribution in [2.45, 2.75) is 24.9 Å². The number of amides is 2. The van der Waals surface area contributed by atoms with Gasteiger partial charge in [0.25, 0.3) is 11.8 Å². The molecule has 10 heteroatoms. The third-order valence-electron chi connectivity index (χ3n) is 4.13. The molecule has 3 rings (SSSR count). The number of carbonyl (C=O) groups is 2. The van der Waals surface area contributed by atoms with Gasteiger partial charge in [0.15, 0.2) is 5.69 Å². The SMILES string of the molecule is NC(=O)c1ccc(C(=O)N2CCCC(c3nc(C(F)(F)F)cs3)C2)cn1. The van der Waals surface area contributed by atoms with Gasteiger partial charge in [-0.25, -0.2) is 4.98 Å². The van der Waals surface area contributed by atoms with Crippen LogP contribution in [0.2, 0.25) is 0 Å². The van der Waals surface area contributed by atoms with Gasteiger partial charge in [-0.1, -0.05) is 0 Å². The Hall–Kier alpha value is -2.49. The number of nitrogens with zero attached hydrogens (tertiary/aromatic N) is 3. The molecule has 6 nitrogen and oxygen atoms in total. The van der Waals surface area contributed by atoms with Crippen molar-refractivity contribution in [3.8, 4) is 0 Å². The Balaban J connectivity index is 1.72. The standard InChI is InChI=1S/C16H15F3N4O2S/c17-16(18,19)12-8-26-14(22-12)10-2-1-5-23(7-10)15(25)9-3-4-11(13(20)24)21-6-9/h3-4,6,8,10H,1-2,5,7H2,(H2,20,24). The number of aromatic nitrogens is 2. The van der Waals surface area contributed by atoms with E-state index in [9.17, 15) is 22.8 Å². The number of rotatable bonds is 3. The normalized spacial score (nSPS) is 18.0. The Kier molecular flexibility index (Phi) is 4.94. The van der Waals surface area contributed by atoms with Gasteiger partial charge in [0.2, 0.25) is 0 Å². The maximum absolute atomic E-state index is 12.7. The van der Waals surface area contributed by atoms with Gasteiger partial charge in [-0.05, 0) is 25.0 Å². The molecule has 0 aliphatic carbocycles. The van der Waals surface area contributed by atoms with Gasteiger partial charge in [0.1, 0.15) is 5.69 Å². The molecule has 0 spiro atoms. The van der Waals surface area contributed by atoms with Crippen LogP contribution in [-0.2, 0) is 6.18 Å². The van der Waals surface area contributed by atoms with E-state index >= 15 is 0 Å². The number of nitrogens with two attached hydrogens (primary N) is 1. The zero-order valence-electron chi connectivity index (χ0n) is 13.5. The molecule has 1 fully saturated rings. The van der Waals surface area contributed by atoms with Crippen LogP contribution >= 0.6 is 11.3 Å². The van der Waals surface area contributed by atoms with Crippen molar-refractivity contribution < 1.29 is 22.8 Å². The van der Waals surface area contributed by atoms with Gasteiger partial charge >= 0.3 is 6.18 Å². The zero-order valence-corrected chi connectivity index (χ0v) is 14.3. The Bertz CT molecular complexity index is 820. The zero-order chi connectivity index (χ0) is 18.9. The first kappa shape index (κ1) is 18.3. The molecule has 26 heavy (non-hydrogen) atoms. The number of hydrogen-bond donors (Lipinski definition) is 1. The Morgan fingerprint density at radius 2 is 2.08 bits per heavy atom. The van der Waals surface area contributed by atoms with Gasteiger partial charge in [0.05, 0.1) is 10.6 Å². The summed E-state index contributed by atoms with van der Waals surface area (Å²) in [6.45, 7) is 0.797. The second kappa shape index (κ2) is 7.02. The van der Waals surface area contributed by atoms with Crippen LogP contribution in [0.4, 0.5) is 13.2 Å². The third-order valence-corrected chi connectivity index (χ3v) is 5.14. The van der Waals surface area contributed by atoms with Crippen LogP contribution in [-0.4, -0.2) is 39.8 Å². The molecule has 138 valence electrons. The summed E-state index contributed by atoms with van der Waals surface area (Å²) in [5.41, 5.74) is 4.57. The highest BCUT2D eigenvalue weighted by atomic mass is 32.1. The van der Waals surface area contributed by atoms with Crippen molar-refractivity contribution in [1.82, 2.24) is 14.9 Å². The first-order chi connectivity index (χ1) is 12.3. The van der Waals surface area contributed by atoms with Crippen molar-refractivity contribution >= 4 is 23.2 Å². The van der Waals surface area contributed by atoms with E-state index in [1.807, 2.05) is 0 Å². The minimum absolute atomic E-state index is 0.0561. The maximum atomic E-state index is 12.7. The highest BCUT2D eigenvalue weighted by Crippen LogP contribution is 2.35. The fourth-order valence-corrected chi connectivity index (χ4v) is 3.77. The number of thiazole rings is 1. The number of hydrogen-bond acceptors (Lipinski definition) is 5. The topological polar surface area (TPSA) is 89.2 Å². The van der Waals surface area contributed by atoms with E-state index in [1.54, 1.807) is 4.90 Å². The largest absolute Gasteiger partial charge is 0.434 e. The van der Waals surface area contributed by atoms with Crippen LogP contribution in [0, 0.1) is 0 Å². The molecular weight excluding hydrogens is 369 g/mol. The first-order valence-electron chi connectivity index (χ1n) is 7.83. The molecule has 0 bridgehead atoms. The smallest absolute Gasteiger partial charge is 0.364 e. The van der Waals surface area contributed by atoms with Crippen LogP contribution in [0.5, 0.6) is 0 Å². The maximum Gasteiger partial charge on any atom is 0.434 e. The molecular formula is C16H15F3N4O2S. The lowest BCUT2D eigenvalue weighted by Gasteiger charge is -2.31. The summed E-state index contributed by atoms with van der Waals surface area (Å²) in [7, 11) is 0. The third kappa shape index (κ3) is 3.85. The molecule has 1 atom stereocenters. The van der Waals surface area contributed by atoms with E-state index in [0.29, 0.717) is 36.5 Å². The van der Waals surface area contributed by atoms with Crippen molar-refractivity contribution in [2.24, 2.45) is 5.73 Å². The Morgan fingerprint density at radius 1 is 1.31 bits per heavy atom. The molecule has 2 N–H and O–H groups in total. The molecule has 1 aliphatic heterocycles. The van der Waals surface area contributed by atoms with Gasteiger partial charge < -0.3 is 10.6 Å². The summed E-state index contributed by atoms with van der Waals surface area (Å²) >= 11 is 0.965. The summed E-state index contributed by atoms with van der Waals surface area (Å²) in [4.78, 5) is 32.7. The monoisotopic (exact) mass is 384 g/mol. The minimum atomic E-state index is -4.47. The van der Waals surface area contributed by atoms with E-state index in [0.717, 1.165) is 16.7 Å². The van der Waals surface area contributed by atoms with E-state index in [-0.39, 0.29) is 17.5 Å². The summed E-state index contributed by atoms with van der Waals surface area (Å²) in [6, 6.07) is 2.83. The molecule has 1 unspecified atom stereocenters. The number of carbonyl (C=O) groups excluding carboxylic acids is 2. The van der Waals surface area contributed by atoms with Gasteiger partial charge in [-0.15, -0.1) is 11.3 Å².